The monoisotopic (exact) mass is 386 g/mol. The molecule has 2 aromatic rings. The molecule has 0 N–H and O–H groups in total. The van der Waals surface area contributed by atoms with Gasteiger partial charge in [0, 0.05) is 25.2 Å². The van der Waals surface area contributed by atoms with Crippen LogP contribution in [0.25, 0.3) is 6.08 Å². The molecule has 0 aliphatic carbocycles. The summed E-state index contributed by atoms with van der Waals surface area (Å²) in [6.45, 7) is 3.51. The third kappa shape index (κ3) is 3.70. The topological polar surface area (TPSA) is 45.9 Å². The van der Waals surface area contributed by atoms with Gasteiger partial charge in [-0.05, 0) is 11.6 Å². The minimum Gasteiger partial charge on any atom is -0.441 e. The summed E-state index contributed by atoms with van der Waals surface area (Å²) in [4.78, 5) is 17.1. The molecule has 0 spiro atoms. The number of thioether (sulfide) groups is 1. The van der Waals surface area contributed by atoms with E-state index < -0.39 is 0 Å². The molecule has 2 fully saturated rings. The molecular weight excluding hydrogens is 368 g/mol. The summed E-state index contributed by atoms with van der Waals surface area (Å²) >= 11 is 6.71. The number of carbonyl (C=O) groups excluding carboxylic acids is 1. The average molecular weight is 386 g/mol. The third-order valence-corrected chi connectivity index (χ3v) is 5.64. The van der Waals surface area contributed by atoms with Crippen LogP contribution in [0.4, 0.5) is 5.88 Å². The Morgan fingerprint density at radius 3 is 2.65 bits per heavy atom. The molecule has 0 saturated carbocycles. The highest BCUT2D eigenvalue weighted by Gasteiger charge is 2.32. The van der Waals surface area contributed by atoms with Crippen molar-refractivity contribution in [2.24, 2.45) is 0 Å². The molecule has 7 heteroatoms. The van der Waals surface area contributed by atoms with Crippen LogP contribution in [0.1, 0.15) is 11.3 Å². The van der Waals surface area contributed by atoms with E-state index in [0.29, 0.717) is 34.7 Å². The molecule has 1 aromatic heterocycles. The highest BCUT2D eigenvalue weighted by atomic mass is 32.2. The smallest absolute Gasteiger partial charge is 0.266 e. The Morgan fingerprint density at radius 2 is 1.88 bits per heavy atom. The van der Waals surface area contributed by atoms with Crippen LogP contribution in [-0.4, -0.2) is 41.4 Å². The van der Waals surface area contributed by atoms with Gasteiger partial charge in [-0.3, -0.25) is 9.69 Å². The Balaban J connectivity index is 1.48. The maximum atomic E-state index is 12.7. The van der Waals surface area contributed by atoms with Crippen molar-refractivity contribution in [3.05, 3.63) is 58.7 Å². The van der Waals surface area contributed by atoms with Crippen molar-refractivity contribution >= 4 is 46.2 Å². The molecule has 0 bridgehead atoms. The molecule has 3 heterocycles. The molecule has 134 valence electrons. The molecule has 2 aliphatic heterocycles. The fraction of sp³-hybridized carbons (Fsp3) is 0.263. The summed E-state index contributed by atoms with van der Waals surface area (Å²) in [5.41, 5.74) is 1.05. The first-order chi connectivity index (χ1) is 12.7. The van der Waals surface area contributed by atoms with Crippen LogP contribution in [0, 0.1) is 0 Å². The summed E-state index contributed by atoms with van der Waals surface area (Å²) in [6, 6.07) is 13.7. The second-order valence-corrected chi connectivity index (χ2v) is 7.70. The zero-order valence-corrected chi connectivity index (χ0v) is 15.7. The van der Waals surface area contributed by atoms with E-state index in [1.807, 2.05) is 42.5 Å². The summed E-state index contributed by atoms with van der Waals surface area (Å²) in [6.07, 6.45) is 1.77. The lowest BCUT2D eigenvalue weighted by Crippen LogP contribution is -2.35. The van der Waals surface area contributed by atoms with Crippen molar-refractivity contribution in [2.75, 3.05) is 31.2 Å². The Labute approximate surface area is 161 Å². The van der Waals surface area contributed by atoms with Gasteiger partial charge < -0.3 is 14.1 Å². The number of amides is 1. The van der Waals surface area contributed by atoms with Gasteiger partial charge in [0.2, 0.25) is 0 Å². The predicted octanol–water partition coefficient (Wildman–Crippen LogP) is 3.52. The summed E-state index contributed by atoms with van der Waals surface area (Å²) in [5, 5.41) is 0. The molecule has 1 amide bonds. The van der Waals surface area contributed by atoms with Gasteiger partial charge in [0.1, 0.15) is 10.1 Å². The summed E-state index contributed by atoms with van der Waals surface area (Å²) < 4.78 is 11.8. The quantitative estimate of drug-likeness (QED) is 0.592. The van der Waals surface area contributed by atoms with E-state index in [0.717, 1.165) is 24.5 Å². The van der Waals surface area contributed by atoms with Crippen molar-refractivity contribution in [1.82, 2.24) is 4.90 Å². The van der Waals surface area contributed by atoms with Gasteiger partial charge in [-0.1, -0.05) is 54.3 Å². The van der Waals surface area contributed by atoms with Gasteiger partial charge in [0.15, 0.2) is 5.88 Å². The molecule has 0 radical (unpaired) electrons. The molecule has 0 atom stereocenters. The maximum absolute atomic E-state index is 12.7. The Kier molecular flexibility index (Phi) is 5.10. The maximum Gasteiger partial charge on any atom is 0.266 e. The largest absolute Gasteiger partial charge is 0.441 e. The van der Waals surface area contributed by atoms with Crippen molar-refractivity contribution in [3.63, 3.8) is 0 Å². The number of nitrogens with zero attached hydrogens (tertiary/aromatic N) is 2. The number of morpholine rings is 1. The minimum absolute atomic E-state index is 0.0758. The van der Waals surface area contributed by atoms with Gasteiger partial charge in [-0.2, -0.15) is 0 Å². The molecule has 0 unspecified atom stereocenters. The lowest BCUT2D eigenvalue weighted by molar-refractivity contribution is -0.122. The van der Waals surface area contributed by atoms with E-state index in [1.165, 1.54) is 11.8 Å². The second kappa shape index (κ2) is 7.65. The molecule has 1 aromatic carbocycles. The van der Waals surface area contributed by atoms with E-state index >= 15 is 0 Å². The number of carbonyl (C=O) groups is 1. The number of benzene rings is 1. The first-order valence-corrected chi connectivity index (χ1v) is 9.65. The number of ether oxygens (including phenoxy) is 1. The van der Waals surface area contributed by atoms with Gasteiger partial charge in [-0.25, -0.2) is 0 Å². The number of rotatable bonds is 4. The molecule has 2 saturated heterocycles. The second-order valence-electron chi connectivity index (χ2n) is 6.03. The number of hydrogen-bond donors (Lipinski definition) is 0. The highest BCUT2D eigenvalue weighted by Crippen LogP contribution is 2.34. The Hall–Kier alpha value is -2.09. The van der Waals surface area contributed by atoms with Crippen LogP contribution in [0.15, 0.2) is 51.8 Å². The Morgan fingerprint density at radius 1 is 1.12 bits per heavy atom. The molecule has 5 nitrogen and oxygen atoms in total. The summed E-state index contributed by atoms with van der Waals surface area (Å²) in [5.74, 6) is 1.39. The van der Waals surface area contributed by atoms with Crippen molar-refractivity contribution in [2.45, 2.75) is 6.54 Å². The zero-order valence-electron chi connectivity index (χ0n) is 14.1. The van der Waals surface area contributed by atoms with Gasteiger partial charge in [0.05, 0.1) is 24.7 Å². The van der Waals surface area contributed by atoms with Crippen molar-refractivity contribution < 1.29 is 13.9 Å². The van der Waals surface area contributed by atoms with E-state index in [9.17, 15) is 4.79 Å². The first-order valence-electron chi connectivity index (χ1n) is 8.42. The van der Waals surface area contributed by atoms with Crippen LogP contribution in [-0.2, 0) is 16.1 Å². The Bertz CT molecular complexity index is 841. The number of thiocarbonyl (C=S) groups is 1. The minimum atomic E-state index is -0.0758. The fourth-order valence-electron chi connectivity index (χ4n) is 2.90. The van der Waals surface area contributed by atoms with E-state index in [-0.39, 0.29) is 5.91 Å². The highest BCUT2D eigenvalue weighted by molar-refractivity contribution is 8.26. The van der Waals surface area contributed by atoms with E-state index in [1.54, 1.807) is 11.0 Å². The SMILES string of the molecule is O=C1/C(=C/c2ccc(N3CCOCC3)o2)SC(=S)N1Cc1ccccc1. The van der Waals surface area contributed by atoms with Crippen molar-refractivity contribution in [1.29, 1.82) is 0 Å². The molecule has 4 rings (SSSR count). The van der Waals surface area contributed by atoms with Crippen LogP contribution in [0.2, 0.25) is 0 Å². The fourth-order valence-corrected chi connectivity index (χ4v) is 4.14. The van der Waals surface area contributed by atoms with E-state index in [4.69, 9.17) is 21.4 Å². The lowest BCUT2D eigenvalue weighted by Gasteiger charge is -2.26. The predicted molar refractivity (Wildman–Crippen MR) is 107 cm³/mol. The van der Waals surface area contributed by atoms with Crippen LogP contribution in [0.3, 0.4) is 0 Å². The molecular formula is C19H18N2O3S2. The van der Waals surface area contributed by atoms with Gasteiger partial charge in [0.25, 0.3) is 5.91 Å². The number of anilines is 1. The van der Waals surface area contributed by atoms with Crippen LogP contribution in [0.5, 0.6) is 0 Å². The normalized spacial score (nSPS) is 19.6. The van der Waals surface area contributed by atoms with Crippen LogP contribution < -0.4 is 4.90 Å². The lowest BCUT2D eigenvalue weighted by atomic mass is 10.2. The third-order valence-electron chi connectivity index (χ3n) is 4.27. The number of furan rings is 1. The van der Waals surface area contributed by atoms with E-state index in [2.05, 4.69) is 4.90 Å². The van der Waals surface area contributed by atoms with Gasteiger partial charge >= 0.3 is 0 Å². The average Bonchev–Trinajstić information content (AvgIpc) is 3.24. The zero-order chi connectivity index (χ0) is 17.9. The standard InChI is InChI=1S/C19H18N2O3S2/c22-18-16(26-19(25)21(18)13-14-4-2-1-3-5-14)12-15-6-7-17(24-15)20-8-10-23-11-9-20/h1-7,12H,8-11,13H2/b16-12-. The first kappa shape index (κ1) is 17.3. The molecule has 2 aliphatic rings. The van der Waals surface area contributed by atoms with Crippen molar-refractivity contribution in [3.8, 4) is 0 Å². The summed E-state index contributed by atoms with van der Waals surface area (Å²) in [7, 11) is 0. The molecule has 26 heavy (non-hydrogen) atoms. The van der Waals surface area contributed by atoms with Gasteiger partial charge in [-0.15, -0.1) is 0 Å². The number of hydrogen-bond acceptors (Lipinski definition) is 6. The van der Waals surface area contributed by atoms with Crippen LogP contribution >= 0.6 is 24.0 Å².